The van der Waals surface area contributed by atoms with Gasteiger partial charge < -0.3 is 4.74 Å². The van der Waals surface area contributed by atoms with Crippen molar-refractivity contribution in [3.05, 3.63) is 80.3 Å². The van der Waals surface area contributed by atoms with E-state index in [1.54, 1.807) is 12.1 Å². The molecular formula is C20H19N3O4S. The number of rotatable bonds is 7. The molecule has 1 amide bonds. The van der Waals surface area contributed by atoms with Gasteiger partial charge in [-0.05, 0) is 31.5 Å². The SMILES string of the molecule is Cc1ccc(OCC(=O)Nc2nc(C)c(Cc3cccc([N+](=O)[O-])c3)s2)cc1. The Morgan fingerprint density at radius 3 is 2.68 bits per heavy atom. The third kappa shape index (κ3) is 5.14. The second-order valence-corrected chi connectivity index (χ2v) is 7.36. The molecule has 0 radical (unpaired) electrons. The summed E-state index contributed by atoms with van der Waals surface area (Å²) in [6.07, 6.45) is 0.515. The van der Waals surface area contributed by atoms with Crippen molar-refractivity contribution in [2.24, 2.45) is 0 Å². The van der Waals surface area contributed by atoms with Gasteiger partial charge in [-0.1, -0.05) is 29.8 Å². The Balaban J connectivity index is 1.60. The van der Waals surface area contributed by atoms with E-state index in [9.17, 15) is 14.9 Å². The number of aromatic nitrogens is 1. The highest BCUT2D eigenvalue weighted by molar-refractivity contribution is 7.15. The number of thiazole rings is 1. The van der Waals surface area contributed by atoms with Crippen molar-refractivity contribution in [2.75, 3.05) is 11.9 Å². The molecule has 144 valence electrons. The average Bonchev–Trinajstić information content (AvgIpc) is 3.00. The van der Waals surface area contributed by atoms with E-state index in [-0.39, 0.29) is 18.2 Å². The molecule has 0 fully saturated rings. The predicted molar refractivity (Wildman–Crippen MR) is 108 cm³/mol. The summed E-state index contributed by atoms with van der Waals surface area (Å²) in [6.45, 7) is 3.72. The van der Waals surface area contributed by atoms with Gasteiger partial charge in [0.15, 0.2) is 11.7 Å². The standard InChI is InChI=1S/C20H19N3O4S/c1-13-6-8-17(9-7-13)27-12-19(24)22-20-21-14(2)18(28-20)11-15-4-3-5-16(10-15)23(25)26/h3-10H,11-12H2,1-2H3,(H,21,22,24). The third-order valence-electron chi connectivity index (χ3n) is 4.02. The van der Waals surface area contributed by atoms with Crippen LogP contribution in [0.15, 0.2) is 48.5 Å². The van der Waals surface area contributed by atoms with Gasteiger partial charge in [-0.3, -0.25) is 20.2 Å². The highest BCUT2D eigenvalue weighted by Crippen LogP contribution is 2.26. The lowest BCUT2D eigenvalue weighted by Crippen LogP contribution is -2.20. The van der Waals surface area contributed by atoms with Crippen molar-refractivity contribution in [1.82, 2.24) is 4.98 Å². The van der Waals surface area contributed by atoms with Gasteiger partial charge in [-0.25, -0.2) is 4.98 Å². The zero-order chi connectivity index (χ0) is 20.1. The van der Waals surface area contributed by atoms with Gasteiger partial charge >= 0.3 is 0 Å². The molecule has 0 aliphatic heterocycles. The molecule has 0 atom stereocenters. The molecule has 0 aliphatic carbocycles. The maximum absolute atomic E-state index is 12.1. The Morgan fingerprint density at radius 1 is 1.21 bits per heavy atom. The minimum absolute atomic E-state index is 0.0569. The van der Waals surface area contributed by atoms with Gasteiger partial charge in [0.05, 0.1) is 10.6 Å². The number of non-ortho nitro benzene ring substituents is 1. The molecule has 0 bridgehead atoms. The van der Waals surface area contributed by atoms with Gasteiger partial charge in [0, 0.05) is 23.4 Å². The number of hydrogen-bond acceptors (Lipinski definition) is 6. The largest absolute Gasteiger partial charge is 0.484 e. The smallest absolute Gasteiger partial charge is 0.269 e. The minimum atomic E-state index is -0.414. The number of nitrogens with zero attached hydrogens (tertiary/aromatic N) is 2. The van der Waals surface area contributed by atoms with Crippen molar-refractivity contribution < 1.29 is 14.5 Å². The third-order valence-corrected chi connectivity index (χ3v) is 5.09. The average molecular weight is 397 g/mol. The Kier molecular flexibility index (Phi) is 6.00. The molecule has 3 aromatic rings. The van der Waals surface area contributed by atoms with Crippen LogP contribution in [0.25, 0.3) is 0 Å². The first-order valence-corrected chi connectivity index (χ1v) is 9.41. The first kappa shape index (κ1) is 19.5. The monoisotopic (exact) mass is 397 g/mol. The zero-order valence-corrected chi connectivity index (χ0v) is 16.3. The molecule has 28 heavy (non-hydrogen) atoms. The maximum atomic E-state index is 12.1. The number of carbonyl (C=O) groups excluding carboxylic acids is 1. The van der Waals surface area contributed by atoms with Crippen molar-refractivity contribution in [3.63, 3.8) is 0 Å². The fourth-order valence-corrected chi connectivity index (χ4v) is 3.56. The summed E-state index contributed by atoms with van der Waals surface area (Å²) in [6, 6.07) is 14.0. The second kappa shape index (κ2) is 8.62. The van der Waals surface area contributed by atoms with Crippen LogP contribution in [-0.4, -0.2) is 22.4 Å². The Labute approximate surface area is 166 Å². The van der Waals surface area contributed by atoms with Crippen molar-refractivity contribution >= 4 is 28.1 Å². The van der Waals surface area contributed by atoms with Crippen LogP contribution in [0.1, 0.15) is 21.7 Å². The minimum Gasteiger partial charge on any atom is -0.484 e. The van der Waals surface area contributed by atoms with Crippen LogP contribution in [-0.2, 0) is 11.2 Å². The fraction of sp³-hybridized carbons (Fsp3) is 0.200. The van der Waals surface area contributed by atoms with E-state index >= 15 is 0 Å². The molecule has 0 aliphatic rings. The van der Waals surface area contributed by atoms with Gasteiger partial charge in [0.1, 0.15) is 5.75 Å². The van der Waals surface area contributed by atoms with Gasteiger partial charge in [-0.15, -0.1) is 11.3 Å². The van der Waals surface area contributed by atoms with E-state index in [0.717, 1.165) is 21.7 Å². The summed E-state index contributed by atoms with van der Waals surface area (Å²) in [7, 11) is 0. The summed E-state index contributed by atoms with van der Waals surface area (Å²) >= 11 is 1.35. The number of nitrogens with one attached hydrogen (secondary N) is 1. The molecule has 3 rings (SSSR count). The highest BCUT2D eigenvalue weighted by Gasteiger charge is 2.13. The number of anilines is 1. The molecule has 8 heteroatoms. The summed E-state index contributed by atoms with van der Waals surface area (Å²) in [5.74, 6) is 0.332. The normalized spacial score (nSPS) is 10.5. The zero-order valence-electron chi connectivity index (χ0n) is 15.5. The number of nitro groups is 1. The van der Waals surface area contributed by atoms with Crippen LogP contribution in [0.3, 0.4) is 0 Å². The van der Waals surface area contributed by atoms with Crippen LogP contribution in [0.5, 0.6) is 5.75 Å². The van der Waals surface area contributed by atoms with E-state index in [1.807, 2.05) is 44.2 Å². The number of aryl methyl sites for hydroxylation is 2. The molecule has 1 heterocycles. The van der Waals surface area contributed by atoms with E-state index in [2.05, 4.69) is 10.3 Å². The number of amides is 1. The summed E-state index contributed by atoms with van der Waals surface area (Å²) in [5, 5.41) is 14.1. The van der Waals surface area contributed by atoms with Gasteiger partial charge in [0.25, 0.3) is 11.6 Å². The summed E-state index contributed by atoms with van der Waals surface area (Å²) < 4.78 is 5.46. The van der Waals surface area contributed by atoms with Crippen molar-refractivity contribution in [1.29, 1.82) is 0 Å². The van der Waals surface area contributed by atoms with E-state index < -0.39 is 4.92 Å². The molecule has 7 nitrogen and oxygen atoms in total. The lowest BCUT2D eigenvalue weighted by Gasteiger charge is -2.05. The molecule has 0 spiro atoms. The second-order valence-electron chi connectivity index (χ2n) is 6.28. The quantitative estimate of drug-likeness (QED) is 0.474. The Hall–Kier alpha value is -3.26. The number of carbonyl (C=O) groups is 1. The molecule has 1 aromatic heterocycles. The number of nitro benzene ring substituents is 1. The number of benzene rings is 2. The number of ether oxygens (including phenoxy) is 1. The van der Waals surface area contributed by atoms with Gasteiger partial charge in [0.2, 0.25) is 0 Å². The Bertz CT molecular complexity index is 999. The van der Waals surface area contributed by atoms with Crippen LogP contribution in [0.4, 0.5) is 10.8 Å². The van der Waals surface area contributed by atoms with E-state index in [1.165, 1.54) is 17.4 Å². The topological polar surface area (TPSA) is 94.4 Å². The fourth-order valence-electron chi connectivity index (χ4n) is 2.55. The highest BCUT2D eigenvalue weighted by atomic mass is 32.1. The van der Waals surface area contributed by atoms with Crippen molar-refractivity contribution in [2.45, 2.75) is 20.3 Å². The van der Waals surface area contributed by atoms with Crippen LogP contribution >= 0.6 is 11.3 Å². The van der Waals surface area contributed by atoms with E-state index in [0.29, 0.717) is 17.3 Å². The van der Waals surface area contributed by atoms with Crippen molar-refractivity contribution in [3.8, 4) is 5.75 Å². The summed E-state index contributed by atoms with van der Waals surface area (Å²) in [5.41, 5.74) is 2.78. The van der Waals surface area contributed by atoms with E-state index in [4.69, 9.17) is 4.74 Å². The van der Waals surface area contributed by atoms with Crippen LogP contribution < -0.4 is 10.1 Å². The van der Waals surface area contributed by atoms with Gasteiger partial charge in [-0.2, -0.15) is 0 Å². The molecule has 2 aromatic carbocycles. The lowest BCUT2D eigenvalue weighted by molar-refractivity contribution is -0.384. The Morgan fingerprint density at radius 2 is 1.96 bits per heavy atom. The molecule has 1 N–H and O–H groups in total. The first-order valence-electron chi connectivity index (χ1n) is 8.59. The first-order chi connectivity index (χ1) is 13.4. The number of hydrogen-bond donors (Lipinski definition) is 1. The predicted octanol–water partition coefficient (Wildman–Crippen LogP) is 4.28. The van der Waals surface area contributed by atoms with Crippen LogP contribution in [0.2, 0.25) is 0 Å². The van der Waals surface area contributed by atoms with Crippen LogP contribution in [0, 0.1) is 24.0 Å². The lowest BCUT2D eigenvalue weighted by atomic mass is 10.1. The molecule has 0 saturated carbocycles. The maximum Gasteiger partial charge on any atom is 0.269 e. The molecular weight excluding hydrogens is 378 g/mol. The molecule has 0 unspecified atom stereocenters. The molecule has 0 saturated heterocycles. The summed E-state index contributed by atoms with van der Waals surface area (Å²) in [4.78, 5) is 27.9.